The quantitative estimate of drug-likeness (QED) is 0.881. The summed E-state index contributed by atoms with van der Waals surface area (Å²) in [6.45, 7) is 1.93. The molecule has 0 aliphatic rings. The van der Waals surface area contributed by atoms with E-state index in [4.69, 9.17) is 9.47 Å². The number of rotatable bonds is 6. The molecule has 2 aromatic rings. The molecule has 0 radical (unpaired) electrons. The summed E-state index contributed by atoms with van der Waals surface area (Å²) in [5.41, 5.74) is 1.30. The number of aromatic nitrogens is 2. The van der Waals surface area contributed by atoms with Crippen molar-refractivity contribution in [1.82, 2.24) is 15.3 Å². The molecule has 2 aromatic heterocycles. The van der Waals surface area contributed by atoms with Gasteiger partial charge >= 0.3 is 0 Å². The first-order chi connectivity index (χ1) is 10.6. The van der Waals surface area contributed by atoms with Crippen molar-refractivity contribution in [3.63, 3.8) is 0 Å². The maximum Gasteiger partial charge on any atom is 0.256 e. The summed E-state index contributed by atoms with van der Waals surface area (Å²) in [6, 6.07) is 8.91. The van der Waals surface area contributed by atoms with Crippen molar-refractivity contribution in [2.45, 2.75) is 19.4 Å². The fourth-order valence-corrected chi connectivity index (χ4v) is 2.05. The number of nitrogens with zero attached hydrogens (tertiary/aromatic N) is 2. The molecule has 0 unspecified atom stereocenters. The summed E-state index contributed by atoms with van der Waals surface area (Å²) in [4.78, 5) is 20.7. The molecule has 2 rings (SSSR count). The van der Waals surface area contributed by atoms with Crippen LogP contribution in [0, 0.1) is 0 Å². The molecule has 0 bridgehead atoms. The zero-order valence-corrected chi connectivity index (χ0v) is 12.9. The van der Waals surface area contributed by atoms with Crippen molar-refractivity contribution in [3.05, 3.63) is 47.8 Å². The number of carbonyl (C=O) groups excluding carboxylic acids is 1. The molecule has 1 amide bonds. The summed E-state index contributed by atoms with van der Waals surface area (Å²) in [5.74, 6) is 0.396. The van der Waals surface area contributed by atoms with Gasteiger partial charge in [0.25, 0.3) is 5.91 Å². The number of ether oxygens (including phenoxy) is 2. The lowest BCUT2D eigenvalue weighted by molar-refractivity contribution is 0.0936. The molecule has 0 saturated heterocycles. The Bertz CT molecular complexity index is 632. The van der Waals surface area contributed by atoms with Crippen LogP contribution in [-0.4, -0.2) is 36.1 Å². The Morgan fingerprint density at radius 2 is 2.05 bits per heavy atom. The lowest BCUT2D eigenvalue weighted by Gasteiger charge is -2.15. The van der Waals surface area contributed by atoms with Gasteiger partial charge in [0.05, 0.1) is 14.2 Å². The highest BCUT2D eigenvalue weighted by Gasteiger charge is 2.17. The number of hydrogen-bond acceptors (Lipinski definition) is 5. The Labute approximate surface area is 129 Å². The lowest BCUT2D eigenvalue weighted by atomic mass is 10.1. The van der Waals surface area contributed by atoms with E-state index in [1.807, 2.05) is 25.1 Å². The van der Waals surface area contributed by atoms with Crippen LogP contribution in [-0.2, 0) is 6.42 Å². The molecule has 2 heterocycles. The van der Waals surface area contributed by atoms with Gasteiger partial charge in [-0.2, -0.15) is 4.98 Å². The van der Waals surface area contributed by atoms with Gasteiger partial charge in [-0.05, 0) is 25.1 Å². The van der Waals surface area contributed by atoms with Crippen molar-refractivity contribution in [2.24, 2.45) is 0 Å². The van der Waals surface area contributed by atoms with Gasteiger partial charge < -0.3 is 14.8 Å². The minimum atomic E-state index is -0.240. The van der Waals surface area contributed by atoms with Gasteiger partial charge in [-0.3, -0.25) is 9.78 Å². The zero-order valence-electron chi connectivity index (χ0n) is 12.9. The number of carbonyl (C=O) groups is 1. The van der Waals surface area contributed by atoms with Crippen molar-refractivity contribution in [1.29, 1.82) is 0 Å². The minimum absolute atomic E-state index is 0.0609. The van der Waals surface area contributed by atoms with E-state index >= 15 is 0 Å². The van der Waals surface area contributed by atoms with Crippen LogP contribution in [0.2, 0.25) is 0 Å². The molecule has 0 saturated carbocycles. The number of methoxy groups -OCH3 is 2. The number of hydrogen-bond donors (Lipinski definition) is 1. The number of nitrogens with one attached hydrogen (secondary N) is 1. The second-order valence-electron chi connectivity index (χ2n) is 4.81. The molecule has 1 atom stereocenters. The van der Waals surface area contributed by atoms with Crippen molar-refractivity contribution < 1.29 is 14.3 Å². The van der Waals surface area contributed by atoms with Crippen LogP contribution in [0.3, 0.4) is 0 Å². The fourth-order valence-electron chi connectivity index (χ4n) is 2.05. The zero-order chi connectivity index (χ0) is 15.9. The third kappa shape index (κ3) is 3.94. The molecule has 0 fully saturated rings. The van der Waals surface area contributed by atoms with Crippen LogP contribution in [0.5, 0.6) is 11.8 Å². The molecular formula is C16H19N3O3. The van der Waals surface area contributed by atoms with Gasteiger partial charge in [0.1, 0.15) is 5.56 Å². The fraction of sp³-hybridized carbons (Fsp3) is 0.312. The molecule has 116 valence electrons. The molecule has 22 heavy (non-hydrogen) atoms. The Morgan fingerprint density at radius 3 is 2.68 bits per heavy atom. The second-order valence-corrected chi connectivity index (χ2v) is 4.81. The summed E-state index contributed by atoms with van der Waals surface area (Å²) < 4.78 is 10.2. The van der Waals surface area contributed by atoms with Crippen LogP contribution < -0.4 is 14.8 Å². The molecular weight excluding hydrogens is 282 g/mol. The van der Waals surface area contributed by atoms with Crippen molar-refractivity contribution in [3.8, 4) is 11.8 Å². The second kappa shape index (κ2) is 7.40. The first kappa shape index (κ1) is 15.8. The topological polar surface area (TPSA) is 73.3 Å². The third-order valence-electron chi connectivity index (χ3n) is 3.10. The first-order valence-electron chi connectivity index (χ1n) is 6.94. The summed E-state index contributed by atoms with van der Waals surface area (Å²) in [7, 11) is 2.98. The Hall–Kier alpha value is -2.63. The van der Waals surface area contributed by atoms with Crippen LogP contribution in [0.1, 0.15) is 23.0 Å². The minimum Gasteiger partial charge on any atom is -0.481 e. The maximum absolute atomic E-state index is 12.3. The smallest absolute Gasteiger partial charge is 0.256 e. The molecule has 0 aliphatic carbocycles. The SMILES string of the molecule is COc1ccc(C(=O)N[C@@H](C)Cc2ccccn2)c(OC)n1. The third-order valence-corrected chi connectivity index (χ3v) is 3.10. The van der Waals surface area contributed by atoms with Gasteiger partial charge in [-0.1, -0.05) is 6.07 Å². The molecule has 6 nitrogen and oxygen atoms in total. The Kier molecular flexibility index (Phi) is 5.30. The van der Waals surface area contributed by atoms with Crippen LogP contribution in [0.15, 0.2) is 36.5 Å². The van der Waals surface area contributed by atoms with Crippen LogP contribution in [0.25, 0.3) is 0 Å². The Balaban J connectivity index is 2.05. The highest BCUT2D eigenvalue weighted by molar-refractivity contribution is 5.96. The molecule has 1 N–H and O–H groups in total. The molecule has 0 aliphatic heterocycles. The van der Waals surface area contributed by atoms with Gasteiger partial charge in [-0.15, -0.1) is 0 Å². The van der Waals surface area contributed by atoms with E-state index in [0.29, 0.717) is 17.9 Å². The molecule has 0 spiro atoms. The normalized spacial score (nSPS) is 11.6. The van der Waals surface area contributed by atoms with Gasteiger partial charge in [-0.25, -0.2) is 0 Å². The molecule has 6 heteroatoms. The van der Waals surface area contributed by atoms with Gasteiger partial charge in [0.15, 0.2) is 0 Å². The standard InChI is InChI=1S/C16H19N3O3/c1-11(10-12-6-4-5-9-17-12)18-15(20)13-7-8-14(21-2)19-16(13)22-3/h4-9,11H,10H2,1-3H3,(H,18,20)/t11-/m0/s1. The maximum atomic E-state index is 12.3. The summed E-state index contributed by atoms with van der Waals surface area (Å²) in [6.07, 6.45) is 2.39. The largest absolute Gasteiger partial charge is 0.481 e. The van der Waals surface area contributed by atoms with Gasteiger partial charge in [0, 0.05) is 30.4 Å². The van der Waals surface area contributed by atoms with E-state index < -0.39 is 0 Å². The van der Waals surface area contributed by atoms with Crippen molar-refractivity contribution in [2.75, 3.05) is 14.2 Å². The average molecular weight is 301 g/mol. The van der Waals surface area contributed by atoms with E-state index in [9.17, 15) is 4.79 Å². The van der Waals surface area contributed by atoms with Crippen LogP contribution >= 0.6 is 0 Å². The lowest BCUT2D eigenvalue weighted by Crippen LogP contribution is -2.34. The average Bonchev–Trinajstić information content (AvgIpc) is 2.54. The summed E-state index contributed by atoms with van der Waals surface area (Å²) in [5, 5.41) is 2.92. The monoisotopic (exact) mass is 301 g/mol. The van der Waals surface area contributed by atoms with E-state index in [2.05, 4.69) is 15.3 Å². The summed E-state index contributed by atoms with van der Waals surface area (Å²) >= 11 is 0. The molecule has 0 aromatic carbocycles. The number of amides is 1. The first-order valence-corrected chi connectivity index (χ1v) is 6.94. The van der Waals surface area contributed by atoms with E-state index in [1.54, 1.807) is 18.3 Å². The predicted octanol–water partition coefficient (Wildman–Crippen LogP) is 1.85. The van der Waals surface area contributed by atoms with E-state index in [1.165, 1.54) is 14.2 Å². The number of pyridine rings is 2. The van der Waals surface area contributed by atoms with Gasteiger partial charge in [0.2, 0.25) is 11.8 Å². The Morgan fingerprint density at radius 1 is 1.23 bits per heavy atom. The predicted molar refractivity (Wildman–Crippen MR) is 82.2 cm³/mol. The highest BCUT2D eigenvalue weighted by atomic mass is 16.5. The van der Waals surface area contributed by atoms with E-state index in [0.717, 1.165) is 5.69 Å². The van der Waals surface area contributed by atoms with E-state index in [-0.39, 0.29) is 17.8 Å². The van der Waals surface area contributed by atoms with Crippen LogP contribution in [0.4, 0.5) is 0 Å². The van der Waals surface area contributed by atoms with Crippen molar-refractivity contribution >= 4 is 5.91 Å². The highest BCUT2D eigenvalue weighted by Crippen LogP contribution is 2.19.